The van der Waals surface area contributed by atoms with E-state index >= 15 is 0 Å². The minimum atomic E-state index is -0.0824. The Balaban J connectivity index is 1.57. The molecule has 3 heterocycles. The van der Waals surface area contributed by atoms with E-state index in [1.807, 2.05) is 58.6 Å². The summed E-state index contributed by atoms with van der Waals surface area (Å²) in [7, 11) is 0. The molecule has 4 aromatic rings. The number of fused-ring (bicyclic) bond motifs is 1. The molecule has 0 bridgehead atoms. The number of pyridine rings is 1. The van der Waals surface area contributed by atoms with Gasteiger partial charge in [0.25, 0.3) is 5.91 Å². The minimum absolute atomic E-state index is 0.0824. The summed E-state index contributed by atoms with van der Waals surface area (Å²) in [6.45, 7) is 2.05. The predicted octanol–water partition coefficient (Wildman–Crippen LogP) is 4.62. The van der Waals surface area contributed by atoms with Gasteiger partial charge < -0.3 is 9.72 Å². The summed E-state index contributed by atoms with van der Waals surface area (Å²) in [6.07, 6.45) is 4.02. The molecule has 5 heteroatoms. The number of benzene rings is 1. The zero-order chi connectivity index (χ0) is 16.5. The van der Waals surface area contributed by atoms with Gasteiger partial charge in [-0.05, 0) is 48.2 Å². The van der Waals surface area contributed by atoms with Crippen LogP contribution in [-0.2, 0) is 0 Å². The van der Waals surface area contributed by atoms with Crippen LogP contribution in [0.2, 0.25) is 0 Å². The van der Waals surface area contributed by atoms with E-state index in [2.05, 4.69) is 29.4 Å². The van der Waals surface area contributed by atoms with E-state index < -0.39 is 0 Å². The molecule has 0 radical (unpaired) electrons. The summed E-state index contributed by atoms with van der Waals surface area (Å²) in [6, 6.07) is 15.5. The van der Waals surface area contributed by atoms with E-state index in [4.69, 9.17) is 0 Å². The Bertz CT molecular complexity index is 1000. The molecule has 0 spiro atoms. The molecule has 118 valence electrons. The number of aryl methyl sites for hydroxylation is 1. The molecule has 0 aliphatic carbocycles. The molecule has 0 fully saturated rings. The minimum Gasteiger partial charge on any atom is -0.321 e. The highest BCUT2D eigenvalue weighted by atomic mass is 32.1. The Kier molecular flexibility index (Phi) is 3.63. The summed E-state index contributed by atoms with van der Waals surface area (Å²) in [5.41, 5.74) is 4.82. The molecule has 1 N–H and O–H groups in total. The molecule has 4 nitrogen and oxygen atoms in total. The first-order chi connectivity index (χ1) is 11.7. The first-order valence-electron chi connectivity index (χ1n) is 7.60. The van der Waals surface area contributed by atoms with Gasteiger partial charge in [0.05, 0.1) is 10.6 Å². The van der Waals surface area contributed by atoms with Crippen LogP contribution in [0.4, 0.5) is 5.69 Å². The van der Waals surface area contributed by atoms with E-state index in [-0.39, 0.29) is 5.91 Å². The predicted molar refractivity (Wildman–Crippen MR) is 97.6 cm³/mol. The van der Waals surface area contributed by atoms with Crippen molar-refractivity contribution in [3.05, 3.63) is 76.7 Å². The van der Waals surface area contributed by atoms with Crippen LogP contribution in [0.15, 0.2) is 66.3 Å². The highest BCUT2D eigenvalue weighted by Gasteiger charge is 2.08. The lowest BCUT2D eigenvalue weighted by Gasteiger charge is -2.04. The zero-order valence-corrected chi connectivity index (χ0v) is 13.9. The molecule has 0 unspecified atom stereocenters. The fraction of sp³-hybridized carbons (Fsp3) is 0.0526. The van der Waals surface area contributed by atoms with Crippen molar-refractivity contribution in [1.29, 1.82) is 0 Å². The van der Waals surface area contributed by atoms with Gasteiger partial charge in [-0.1, -0.05) is 18.2 Å². The Morgan fingerprint density at radius 1 is 1.17 bits per heavy atom. The lowest BCUT2D eigenvalue weighted by molar-refractivity contribution is 0.103. The highest BCUT2D eigenvalue weighted by Crippen LogP contribution is 2.22. The van der Waals surface area contributed by atoms with Crippen molar-refractivity contribution in [3.8, 4) is 11.3 Å². The van der Waals surface area contributed by atoms with Gasteiger partial charge in [-0.2, -0.15) is 0 Å². The number of rotatable bonds is 3. The number of carbonyl (C=O) groups excluding carboxylic acids is 1. The summed E-state index contributed by atoms with van der Waals surface area (Å²) < 4.78 is 2.01. The van der Waals surface area contributed by atoms with Crippen LogP contribution in [0, 0.1) is 6.92 Å². The summed E-state index contributed by atoms with van der Waals surface area (Å²) in [5, 5.41) is 4.79. The number of carbonyl (C=O) groups is 1. The molecule has 24 heavy (non-hydrogen) atoms. The molecular formula is C19H15N3OS. The fourth-order valence-corrected chi connectivity index (χ4v) is 3.17. The number of aromatic nitrogens is 2. The Morgan fingerprint density at radius 2 is 2.00 bits per heavy atom. The molecule has 0 saturated heterocycles. The lowest BCUT2D eigenvalue weighted by atomic mass is 10.1. The summed E-state index contributed by atoms with van der Waals surface area (Å²) in [5.74, 6) is -0.0824. The molecule has 4 rings (SSSR count). The molecule has 0 atom stereocenters. The lowest BCUT2D eigenvalue weighted by Crippen LogP contribution is -2.09. The number of nitrogens with one attached hydrogen (secondary N) is 1. The van der Waals surface area contributed by atoms with Gasteiger partial charge in [-0.3, -0.25) is 4.79 Å². The second-order valence-electron chi connectivity index (χ2n) is 5.60. The van der Waals surface area contributed by atoms with E-state index in [9.17, 15) is 4.79 Å². The maximum atomic E-state index is 12.1. The third-order valence-electron chi connectivity index (χ3n) is 3.80. The smallest absolute Gasteiger partial charge is 0.265 e. The molecule has 1 amide bonds. The zero-order valence-electron chi connectivity index (χ0n) is 13.1. The van der Waals surface area contributed by atoms with Crippen LogP contribution >= 0.6 is 11.3 Å². The van der Waals surface area contributed by atoms with E-state index in [0.29, 0.717) is 4.88 Å². The first kappa shape index (κ1) is 14.7. The average Bonchev–Trinajstić information content (AvgIpc) is 3.24. The van der Waals surface area contributed by atoms with Crippen molar-refractivity contribution in [2.75, 3.05) is 5.32 Å². The van der Waals surface area contributed by atoms with Crippen LogP contribution in [0.3, 0.4) is 0 Å². The second-order valence-corrected chi connectivity index (χ2v) is 6.55. The Morgan fingerprint density at radius 3 is 2.75 bits per heavy atom. The molecule has 3 aromatic heterocycles. The summed E-state index contributed by atoms with van der Waals surface area (Å²) in [4.78, 5) is 17.4. The number of anilines is 1. The number of hydrogen-bond acceptors (Lipinski definition) is 3. The standard InChI is InChI=1S/C19H15N3OS/c1-13-8-9-22-12-16(21-18(22)11-13)14-4-6-15(7-5-14)20-19(23)17-3-2-10-24-17/h2-12H,1H3,(H,20,23). The van der Waals surface area contributed by atoms with Crippen LogP contribution in [0.25, 0.3) is 16.9 Å². The molecule has 0 saturated carbocycles. The number of nitrogens with zero attached hydrogens (tertiary/aromatic N) is 2. The van der Waals surface area contributed by atoms with Gasteiger partial charge in [0.1, 0.15) is 5.65 Å². The van der Waals surface area contributed by atoms with E-state index in [0.717, 1.165) is 22.6 Å². The van der Waals surface area contributed by atoms with E-state index in [1.54, 1.807) is 0 Å². The second kappa shape index (κ2) is 5.94. The highest BCUT2D eigenvalue weighted by molar-refractivity contribution is 7.12. The van der Waals surface area contributed by atoms with Crippen LogP contribution in [0.5, 0.6) is 0 Å². The monoisotopic (exact) mass is 333 g/mol. The third kappa shape index (κ3) is 2.81. The van der Waals surface area contributed by atoms with Gasteiger partial charge in [0, 0.05) is 23.6 Å². The Labute approximate surface area is 143 Å². The van der Waals surface area contributed by atoms with Gasteiger partial charge in [0.2, 0.25) is 0 Å². The normalized spacial score (nSPS) is 10.9. The Hall–Kier alpha value is -2.92. The van der Waals surface area contributed by atoms with Crippen molar-refractivity contribution in [2.24, 2.45) is 0 Å². The molecule has 0 aliphatic heterocycles. The largest absolute Gasteiger partial charge is 0.321 e. The van der Waals surface area contributed by atoms with Crippen molar-refractivity contribution >= 4 is 28.6 Å². The topological polar surface area (TPSA) is 46.4 Å². The van der Waals surface area contributed by atoms with Crippen molar-refractivity contribution in [3.63, 3.8) is 0 Å². The van der Waals surface area contributed by atoms with E-state index in [1.165, 1.54) is 16.9 Å². The van der Waals surface area contributed by atoms with Crippen LogP contribution in [-0.4, -0.2) is 15.3 Å². The van der Waals surface area contributed by atoms with Gasteiger partial charge in [-0.25, -0.2) is 4.98 Å². The van der Waals surface area contributed by atoms with Crippen LogP contribution in [0.1, 0.15) is 15.2 Å². The number of imidazole rings is 1. The van der Waals surface area contributed by atoms with Crippen LogP contribution < -0.4 is 5.32 Å². The third-order valence-corrected chi connectivity index (χ3v) is 4.67. The van der Waals surface area contributed by atoms with Gasteiger partial charge >= 0.3 is 0 Å². The maximum Gasteiger partial charge on any atom is 0.265 e. The molecular weight excluding hydrogens is 318 g/mol. The van der Waals surface area contributed by atoms with Crippen molar-refractivity contribution in [1.82, 2.24) is 9.38 Å². The van der Waals surface area contributed by atoms with Gasteiger partial charge in [0.15, 0.2) is 0 Å². The average molecular weight is 333 g/mol. The van der Waals surface area contributed by atoms with Gasteiger partial charge in [-0.15, -0.1) is 11.3 Å². The SMILES string of the molecule is Cc1ccn2cc(-c3ccc(NC(=O)c4cccs4)cc3)nc2c1. The number of thiophene rings is 1. The summed E-state index contributed by atoms with van der Waals surface area (Å²) >= 11 is 1.43. The number of amides is 1. The first-order valence-corrected chi connectivity index (χ1v) is 8.48. The number of hydrogen-bond donors (Lipinski definition) is 1. The van der Waals surface area contributed by atoms with Crippen molar-refractivity contribution in [2.45, 2.75) is 6.92 Å². The fourth-order valence-electron chi connectivity index (χ4n) is 2.55. The molecule has 1 aromatic carbocycles. The molecule has 0 aliphatic rings. The maximum absolute atomic E-state index is 12.1. The quantitative estimate of drug-likeness (QED) is 0.594. The van der Waals surface area contributed by atoms with Crippen molar-refractivity contribution < 1.29 is 4.79 Å².